The van der Waals surface area contributed by atoms with E-state index in [0.717, 1.165) is 5.56 Å². The molecular formula is C14H12F2N4O3S. The van der Waals surface area contributed by atoms with Gasteiger partial charge in [-0.2, -0.15) is 9.38 Å². The number of nitro groups is 1. The topological polar surface area (TPSA) is 81.7 Å². The Hall–Kier alpha value is -2.75. The van der Waals surface area contributed by atoms with Crippen molar-refractivity contribution in [3.63, 3.8) is 0 Å². The van der Waals surface area contributed by atoms with Crippen LogP contribution in [-0.4, -0.2) is 27.3 Å². The Kier molecular flexibility index (Phi) is 4.56. The van der Waals surface area contributed by atoms with E-state index in [1.54, 1.807) is 35.8 Å². The van der Waals surface area contributed by atoms with Gasteiger partial charge in [-0.15, -0.1) is 0 Å². The number of anilines is 1. The summed E-state index contributed by atoms with van der Waals surface area (Å²) in [5.41, 5.74) is 0.729. The minimum absolute atomic E-state index is 0.142. The highest BCUT2D eigenvalue weighted by Crippen LogP contribution is 2.28. The lowest BCUT2D eigenvalue weighted by molar-refractivity contribution is -0.389. The Labute approximate surface area is 138 Å². The Morgan fingerprint density at radius 2 is 2.29 bits per heavy atom. The van der Waals surface area contributed by atoms with Crippen LogP contribution in [0.2, 0.25) is 0 Å². The van der Waals surface area contributed by atoms with E-state index in [0.29, 0.717) is 10.7 Å². The minimum Gasteiger partial charge on any atom is -0.488 e. The van der Waals surface area contributed by atoms with Gasteiger partial charge in [0.2, 0.25) is 5.82 Å². The molecule has 1 aromatic carbocycles. The van der Waals surface area contributed by atoms with Crippen LogP contribution in [-0.2, 0) is 6.54 Å². The number of thiazole rings is 1. The molecule has 0 radical (unpaired) electrons. The van der Waals surface area contributed by atoms with E-state index in [1.807, 2.05) is 0 Å². The van der Waals surface area contributed by atoms with Crippen LogP contribution >= 0.6 is 11.3 Å². The number of hydrogen-bond acceptors (Lipinski definition) is 6. The third-order valence-electron chi connectivity index (χ3n) is 3.14. The van der Waals surface area contributed by atoms with Crippen LogP contribution < -0.4 is 10.1 Å². The summed E-state index contributed by atoms with van der Waals surface area (Å²) in [6.07, 6.45) is -0.970. The molecule has 0 saturated heterocycles. The number of imidazole rings is 1. The summed E-state index contributed by atoms with van der Waals surface area (Å²) in [6.45, 7) is -0.433. The van der Waals surface area contributed by atoms with Crippen LogP contribution in [0.3, 0.4) is 0 Å². The number of hydrogen-bond donors (Lipinski definition) is 1. The highest BCUT2D eigenvalue weighted by Gasteiger charge is 2.23. The molecule has 0 atom stereocenters. The van der Waals surface area contributed by atoms with Gasteiger partial charge in [0.05, 0.1) is 0 Å². The van der Waals surface area contributed by atoms with Crippen molar-refractivity contribution in [2.45, 2.75) is 13.0 Å². The number of alkyl halides is 2. The molecule has 0 spiro atoms. The van der Waals surface area contributed by atoms with E-state index in [-0.39, 0.29) is 18.2 Å². The molecule has 10 heteroatoms. The van der Waals surface area contributed by atoms with Crippen molar-refractivity contribution < 1.29 is 18.4 Å². The first-order valence-electron chi connectivity index (χ1n) is 6.88. The lowest BCUT2D eigenvalue weighted by Gasteiger charge is -2.08. The van der Waals surface area contributed by atoms with Gasteiger partial charge in [0.15, 0.2) is 0 Å². The van der Waals surface area contributed by atoms with Crippen molar-refractivity contribution >= 4 is 27.9 Å². The molecular weight excluding hydrogens is 342 g/mol. The van der Waals surface area contributed by atoms with E-state index < -0.39 is 18.0 Å². The van der Waals surface area contributed by atoms with Gasteiger partial charge in [0.1, 0.15) is 18.6 Å². The number of benzene rings is 1. The normalized spacial score (nSPS) is 11.1. The summed E-state index contributed by atoms with van der Waals surface area (Å²) in [7, 11) is 0. The summed E-state index contributed by atoms with van der Waals surface area (Å²) in [6, 6.07) is 6.59. The summed E-state index contributed by atoms with van der Waals surface area (Å²) in [4.78, 5) is 15.4. The first-order valence-corrected chi connectivity index (χ1v) is 7.76. The Morgan fingerprint density at radius 3 is 3.04 bits per heavy atom. The van der Waals surface area contributed by atoms with Gasteiger partial charge >= 0.3 is 5.82 Å². The highest BCUT2D eigenvalue weighted by molar-refractivity contribution is 7.15. The fourth-order valence-corrected chi connectivity index (χ4v) is 2.87. The number of fused-ring (bicyclic) bond motifs is 1. The molecule has 2 aromatic heterocycles. The zero-order valence-corrected chi connectivity index (χ0v) is 13.0. The quantitative estimate of drug-likeness (QED) is 0.518. The van der Waals surface area contributed by atoms with Crippen LogP contribution in [0.5, 0.6) is 5.75 Å². The predicted molar refractivity (Wildman–Crippen MR) is 85.0 cm³/mol. The molecule has 2 heterocycles. The van der Waals surface area contributed by atoms with Gasteiger partial charge in [-0.1, -0.05) is 23.5 Å². The molecule has 3 aromatic rings. The van der Waals surface area contributed by atoms with Crippen LogP contribution in [0.25, 0.3) is 4.96 Å². The number of ether oxygens (including phenoxy) is 1. The zero-order valence-electron chi connectivity index (χ0n) is 12.2. The molecule has 0 aliphatic carbocycles. The minimum atomic E-state index is -2.55. The average molecular weight is 354 g/mol. The van der Waals surface area contributed by atoms with Crippen LogP contribution in [0, 0.1) is 10.1 Å². The summed E-state index contributed by atoms with van der Waals surface area (Å²) < 4.78 is 30.7. The SMILES string of the molecule is O=[N+]([O-])c1c(NCc2cccc(OCC(F)F)c2)nc2sccn12. The number of nitrogens with one attached hydrogen (secondary N) is 1. The molecule has 0 saturated carbocycles. The van der Waals surface area contributed by atoms with Crippen molar-refractivity contribution in [2.75, 3.05) is 11.9 Å². The molecule has 0 aliphatic rings. The third kappa shape index (κ3) is 3.43. The zero-order chi connectivity index (χ0) is 17.1. The maximum absolute atomic E-state index is 12.2. The second-order valence-corrected chi connectivity index (χ2v) is 5.67. The lowest BCUT2D eigenvalue weighted by atomic mass is 10.2. The first kappa shape index (κ1) is 16.1. The van der Waals surface area contributed by atoms with E-state index in [9.17, 15) is 18.9 Å². The van der Waals surface area contributed by atoms with Gasteiger partial charge < -0.3 is 20.2 Å². The Morgan fingerprint density at radius 1 is 1.46 bits per heavy atom. The number of aromatic nitrogens is 2. The smallest absolute Gasteiger partial charge is 0.372 e. The van der Waals surface area contributed by atoms with Gasteiger partial charge in [-0.05, 0) is 22.6 Å². The maximum atomic E-state index is 12.2. The average Bonchev–Trinajstić information content (AvgIpc) is 3.11. The summed E-state index contributed by atoms with van der Waals surface area (Å²) in [5, 5.41) is 15.8. The monoisotopic (exact) mass is 354 g/mol. The van der Waals surface area contributed by atoms with Gasteiger partial charge in [-0.25, -0.2) is 8.78 Å². The van der Waals surface area contributed by atoms with E-state index in [2.05, 4.69) is 10.3 Å². The third-order valence-corrected chi connectivity index (χ3v) is 3.90. The molecule has 0 amide bonds. The molecule has 126 valence electrons. The number of halogens is 2. The van der Waals surface area contributed by atoms with Gasteiger partial charge in [0.25, 0.3) is 11.4 Å². The van der Waals surface area contributed by atoms with Crippen LogP contribution in [0.15, 0.2) is 35.8 Å². The molecule has 3 rings (SSSR count). The second kappa shape index (κ2) is 6.79. The van der Waals surface area contributed by atoms with Gasteiger partial charge in [-0.3, -0.25) is 0 Å². The number of nitrogens with zero attached hydrogens (tertiary/aromatic N) is 3. The number of rotatable bonds is 7. The second-order valence-electron chi connectivity index (χ2n) is 4.80. The first-order chi connectivity index (χ1) is 11.5. The van der Waals surface area contributed by atoms with Gasteiger partial charge in [0, 0.05) is 11.9 Å². The maximum Gasteiger partial charge on any atom is 0.372 e. The van der Waals surface area contributed by atoms with Crippen molar-refractivity contribution in [2.24, 2.45) is 0 Å². The fourth-order valence-electron chi connectivity index (χ4n) is 2.16. The van der Waals surface area contributed by atoms with E-state index >= 15 is 0 Å². The molecule has 1 N–H and O–H groups in total. The van der Waals surface area contributed by atoms with Crippen LogP contribution in [0.1, 0.15) is 5.56 Å². The summed E-state index contributed by atoms with van der Waals surface area (Å²) in [5.74, 6) is 0.331. The molecule has 7 nitrogen and oxygen atoms in total. The largest absolute Gasteiger partial charge is 0.488 e. The Bertz CT molecular complexity index is 865. The fraction of sp³-hybridized carbons (Fsp3) is 0.214. The van der Waals surface area contributed by atoms with Crippen molar-refractivity contribution in [1.29, 1.82) is 0 Å². The highest BCUT2D eigenvalue weighted by atomic mass is 32.1. The van der Waals surface area contributed by atoms with E-state index in [1.165, 1.54) is 15.7 Å². The van der Waals surface area contributed by atoms with E-state index in [4.69, 9.17) is 4.74 Å². The van der Waals surface area contributed by atoms with Crippen LogP contribution in [0.4, 0.5) is 20.4 Å². The van der Waals surface area contributed by atoms with Crippen molar-refractivity contribution in [3.8, 4) is 5.75 Å². The van der Waals surface area contributed by atoms with Crippen molar-refractivity contribution in [1.82, 2.24) is 9.38 Å². The molecule has 0 unspecified atom stereocenters. The lowest BCUT2D eigenvalue weighted by Crippen LogP contribution is -2.07. The predicted octanol–water partition coefficient (Wildman–Crippen LogP) is 3.56. The molecule has 0 fully saturated rings. The Balaban J connectivity index is 1.74. The molecule has 24 heavy (non-hydrogen) atoms. The standard InChI is InChI=1S/C14H12F2N4O3S/c15-11(16)8-23-10-3-1-2-9(6-10)7-17-12-13(20(21)22)19-4-5-24-14(19)18-12/h1-6,11,17H,7-8H2. The van der Waals surface area contributed by atoms with Crippen molar-refractivity contribution in [3.05, 3.63) is 51.5 Å². The summed E-state index contributed by atoms with van der Waals surface area (Å²) >= 11 is 1.29. The molecule has 0 aliphatic heterocycles. The molecule has 0 bridgehead atoms.